The van der Waals surface area contributed by atoms with Crippen LogP contribution in [-0.2, 0) is 16.0 Å². The molecule has 0 atom stereocenters. The summed E-state index contributed by atoms with van der Waals surface area (Å²) in [5.41, 5.74) is 2.73. The number of hydrogen-bond acceptors (Lipinski definition) is 8. The van der Waals surface area contributed by atoms with E-state index in [1.165, 1.54) is 0 Å². The van der Waals surface area contributed by atoms with Gasteiger partial charge < -0.3 is 19.5 Å². The van der Waals surface area contributed by atoms with E-state index in [9.17, 15) is 0 Å². The number of nitrogens with one attached hydrogen (secondary N) is 2. The summed E-state index contributed by atoms with van der Waals surface area (Å²) in [6, 6.07) is 21.4. The van der Waals surface area contributed by atoms with E-state index in [4.69, 9.17) is 14.2 Å². The molecule has 1 aliphatic heterocycles. The van der Waals surface area contributed by atoms with E-state index in [-0.39, 0.29) is 6.79 Å². The fourth-order valence-electron chi connectivity index (χ4n) is 3.44. The van der Waals surface area contributed by atoms with Crippen molar-refractivity contribution >= 4 is 17.5 Å². The van der Waals surface area contributed by atoms with Gasteiger partial charge in [0.25, 0.3) is 0 Å². The monoisotopic (exact) mass is 442 g/mol. The highest BCUT2D eigenvalue weighted by Crippen LogP contribution is 2.32. The zero-order valence-electron chi connectivity index (χ0n) is 17.9. The predicted molar refractivity (Wildman–Crippen MR) is 124 cm³/mol. The van der Waals surface area contributed by atoms with Crippen LogP contribution in [0, 0.1) is 0 Å². The largest absolute Gasteiger partial charge is 0.497 e. The van der Waals surface area contributed by atoms with Gasteiger partial charge in [0.15, 0.2) is 5.82 Å². The Morgan fingerprint density at radius 1 is 1.06 bits per heavy atom. The van der Waals surface area contributed by atoms with Crippen LogP contribution in [0.1, 0.15) is 5.56 Å². The number of rotatable bonds is 8. The molecular formula is C24H22N6O3. The molecule has 0 saturated heterocycles. The lowest BCUT2D eigenvalue weighted by Crippen LogP contribution is -2.24. The first-order valence-corrected chi connectivity index (χ1v) is 10.3. The standard InChI is InChI=1S/C24H22N6O3/c1-31-19-11-9-18(10-12-19)26-24-27-22(28-29-24)20-8-5-13-25-23(20)30(21-15-32-16-33-21)14-17-6-3-2-4-7-17/h2-13,15H,14,16H2,1H3,(H2,26,27,28,29). The molecule has 0 saturated carbocycles. The first-order chi connectivity index (χ1) is 16.3. The third-order valence-electron chi connectivity index (χ3n) is 5.04. The minimum atomic E-state index is 0.168. The third kappa shape index (κ3) is 4.57. The van der Waals surface area contributed by atoms with Gasteiger partial charge in [-0.1, -0.05) is 30.3 Å². The van der Waals surface area contributed by atoms with Crippen LogP contribution in [0.2, 0.25) is 0 Å². The number of pyridine rings is 1. The van der Waals surface area contributed by atoms with Gasteiger partial charge in [0.05, 0.1) is 19.2 Å². The topological polar surface area (TPSA) is 97.4 Å². The molecule has 0 bridgehead atoms. The average molecular weight is 442 g/mol. The Morgan fingerprint density at radius 3 is 2.67 bits per heavy atom. The predicted octanol–water partition coefficient (Wildman–Crippen LogP) is 4.43. The number of methoxy groups -OCH3 is 1. The van der Waals surface area contributed by atoms with Crippen LogP contribution in [0.15, 0.2) is 85.1 Å². The Bertz CT molecular complexity index is 1240. The summed E-state index contributed by atoms with van der Waals surface area (Å²) in [6.07, 6.45) is 3.33. The van der Waals surface area contributed by atoms with E-state index in [0.29, 0.717) is 30.0 Å². The van der Waals surface area contributed by atoms with Crippen LogP contribution in [0.3, 0.4) is 0 Å². The van der Waals surface area contributed by atoms with Crippen molar-refractivity contribution in [1.82, 2.24) is 20.2 Å². The molecule has 5 rings (SSSR count). The minimum Gasteiger partial charge on any atom is -0.497 e. The van der Waals surface area contributed by atoms with Crippen molar-refractivity contribution in [2.24, 2.45) is 0 Å². The second kappa shape index (κ2) is 9.31. The maximum atomic E-state index is 5.69. The molecular weight excluding hydrogens is 420 g/mol. The van der Waals surface area contributed by atoms with Gasteiger partial charge in [-0.25, -0.2) is 4.98 Å². The Balaban J connectivity index is 1.45. The number of anilines is 3. The Kier molecular flexibility index (Phi) is 5.75. The highest BCUT2D eigenvalue weighted by Gasteiger charge is 2.24. The van der Waals surface area contributed by atoms with Gasteiger partial charge in [0.2, 0.25) is 18.6 Å². The highest BCUT2D eigenvalue weighted by molar-refractivity contribution is 5.73. The normalized spacial score (nSPS) is 12.5. The fraction of sp³-hybridized carbons (Fsp3) is 0.125. The summed E-state index contributed by atoms with van der Waals surface area (Å²) in [7, 11) is 1.63. The smallest absolute Gasteiger partial charge is 0.246 e. The minimum absolute atomic E-state index is 0.168. The van der Waals surface area contributed by atoms with Crippen molar-refractivity contribution in [3.05, 3.63) is 90.6 Å². The number of H-pyrrole nitrogens is 1. The number of aromatic nitrogens is 4. The van der Waals surface area contributed by atoms with E-state index in [1.807, 2.05) is 59.5 Å². The lowest BCUT2D eigenvalue weighted by Gasteiger charge is -2.24. The average Bonchev–Trinajstić information content (AvgIpc) is 3.57. The van der Waals surface area contributed by atoms with Gasteiger partial charge in [0.1, 0.15) is 17.8 Å². The molecule has 166 valence electrons. The molecule has 4 aromatic rings. The zero-order valence-corrected chi connectivity index (χ0v) is 17.9. The van der Waals surface area contributed by atoms with Crippen LogP contribution >= 0.6 is 0 Å². The highest BCUT2D eigenvalue weighted by atomic mass is 16.7. The Hall–Kier alpha value is -4.53. The number of ether oxygens (including phenoxy) is 3. The summed E-state index contributed by atoms with van der Waals surface area (Å²) in [5.74, 6) is 3.05. The second-order valence-electron chi connectivity index (χ2n) is 7.19. The molecule has 9 heteroatoms. The molecule has 33 heavy (non-hydrogen) atoms. The van der Waals surface area contributed by atoms with Crippen LogP contribution in [0.4, 0.5) is 17.5 Å². The lowest BCUT2D eigenvalue weighted by atomic mass is 10.2. The first-order valence-electron chi connectivity index (χ1n) is 10.3. The van der Waals surface area contributed by atoms with Crippen LogP contribution in [0.25, 0.3) is 11.4 Å². The van der Waals surface area contributed by atoms with Gasteiger partial charge in [0, 0.05) is 11.9 Å². The summed E-state index contributed by atoms with van der Waals surface area (Å²) in [4.78, 5) is 11.2. The van der Waals surface area contributed by atoms with Gasteiger partial charge in [-0.15, -0.1) is 5.10 Å². The molecule has 2 aromatic carbocycles. The molecule has 2 aromatic heterocycles. The molecule has 0 unspecified atom stereocenters. The van der Waals surface area contributed by atoms with Crippen molar-refractivity contribution < 1.29 is 14.2 Å². The van der Waals surface area contributed by atoms with Crippen molar-refractivity contribution in [2.45, 2.75) is 6.54 Å². The van der Waals surface area contributed by atoms with Gasteiger partial charge >= 0.3 is 0 Å². The Labute approximate surface area is 190 Å². The van der Waals surface area contributed by atoms with E-state index in [2.05, 4.69) is 37.6 Å². The van der Waals surface area contributed by atoms with E-state index < -0.39 is 0 Å². The molecule has 0 radical (unpaired) electrons. The van der Waals surface area contributed by atoms with Gasteiger partial charge in [-0.2, -0.15) is 4.98 Å². The van der Waals surface area contributed by atoms with Gasteiger partial charge in [-0.05, 0) is 42.0 Å². The zero-order chi connectivity index (χ0) is 22.5. The lowest BCUT2D eigenvalue weighted by molar-refractivity contribution is 0.0781. The van der Waals surface area contributed by atoms with Crippen molar-refractivity contribution in [1.29, 1.82) is 0 Å². The molecule has 1 aliphatic rings. The number of benzene rings is 2. The van der Waals surface area contributed by atoms with E-state index in [1.54, 1.807) is 19.6 Å². The van der Waals surface area contributed by atoms with Crippen molar-refractivity contribution in [3.8, 4) is 17.1 Å². The van der Waals surface area contributed by atoms with Crippen LogP contribution in [-0.4, -0.2) is 34.1 Å². The van der Waals surface area contributed by atoms with Crippen molar-refractivity contribution in [2.75, 3.05) is 24.1 Å². The fourth-order valence-corrected chi connectivity index (χ4v) is 3.44. The molecule has 0 amide bonds. The van der Waals surface area contributed by atoms with E-state index in [0.717, 1.165) is 22.6 Å². The Morgan fingerprint density at radius 2 is 1.91 bits per heavy atom. The number of aromatic amines is 1. The maximum Gasteiger partial charge on any atom is 0.246 e. The summed E-state index contributed by atoms with van der Waals surface area (Å²) < 4.78 is 16.2. The van der Waals surface area contributed by atoms with Crippen LogP contribution < -0.4 is 15.0 Å². The maximum absolute atomic E-state index is 5.69. The molecule has 9 nitrogen and oxygen atoms in total. The first kappa shape index (κ1) is 20.4. The van der Waals surface area contributed by atoms with Crippen LogP contribution in [0.5, 0.6) is 5.75 Å². The molecule has 0 aliphatic carbocycles. The van der Waals surface area contributed by atoms with Crippen molar-refractivity contribution in [3.63, 3.8) is 0 Å². The number of nitrogens with zero attached hydrogens (tertiary/aromatic N) is 4. The number of hydrogen-bond donors (Lipinski definition) is 2. The molecule has 3 heterocycles. The molecule has 2 N–H and O–H groups in total. The third-order valence-corrected chi connectivity index (χ3v) is 5.04. The second-order valence-corrected chi connectivity index (χ2v) is 7.19. The molecule has 0 spiro atoms. The quantitative estimate of drug-likeness (QED) is 0.414. The molecule has 0 fully saturated rings. The summed E-state index contributed by atoms with van der Waals surface area (Å²) in [5, 5.41) is 10.5. The summed E-state index contributed by atoms with van der Waals surface area (Å²) >= 11 is 0. The summed E-state index contributed by atoms with van der Waals surface area (Å²) in [6.45, 7) is 0.714. The van der Waals surface area contributed by atoms with Gasteiger partial charge in [-0.3, -0.25) is 10.00 Å². The SMILES string of the molecule is COc1ccc(Nc2n[nH]c(-c3cccnc3N(Cc3ccccc3)C3=COCO3)n2)cc1. The van der Waals surface area contributed by atoms with E-state index >= 15 is 0 Å².